The number of hydrogen-bond acceptors (Lipinski definition) is 3. The number of nitrogens with zero attached hydrogens (tertiary/aromatic N) is 3. The number of methoxy groups -OCH3 is 1. The topological polar surface area (TPSA) is 39.9 Å². The summed E-state index contributed by atoms with van der Waals surface area (Å²) in [7, 11) is 1.69. The van der Waals surface area contributed by atoms with Crippen molar-refractivity contribution in [1.82, 2.24) is 14.8 Å². The summed E-state index contributed by atoms with van der Waals surface area (Å²) >= 11 is 6.03. The molecular weight excluding hydrogens is 226 g/mol. The third kappa shape index (κ3) is 2.55. The summed E-state index contributed by atoms with van der Waals surface area (Å²) in [6.45, 7) is 1.39. The Balaban J connectivity index is 2.12. The first-order chi connectivity index (χ1) is 7.83. The third-order valence-corrected chi connectivity index (χ3v) is 3.50. The van der Waals surface area contributed by atoms with Gasteiger partial charge in [0, 0.05) is 13.0 Å². The van der Waals surface area contributed by atoms with Crippen LogP contribution >= 0.6 is 11.6 Å². The molecule has 1 aliphatic carbocycles. The standard InChI is InChI=1S/C11H18ClN3O/c1-16-8-7-15-10(13-14-11(15)12)9-5-3-2-4-6-9/h9H,2-8H2,1H3. The van der Waals surface area contributed by atoms with Gasteiger partial charge in [0.2, 0.25) is 5.28 Å². The first-order valence-corrected chi connectivity index (χ1v) is 6.28. The maximum atomic E-state index is 6.03. The molecule has 90 valence electrons. The van der Waals surface area contributed by atoms with E-state index in [9.17, 15) is 0 Å². The molecule has 0 aromatic carbocycles. The second kappa shape index (κ2) is 5.64. The van der Waals surface area contributed by atoms with Gasteiger partial charge in [0.15, 0.2) is 0 Å². The first kappa shape index (κ1) is 11.9. The average molecular weight is 244 g/mol. The number of hydrogen-bond donors (Lipinski definition) is 0. The van der Waals surface area contributed by atoms with E-state index in [1.165, 1.54) is 32.1 Å². The van der Waals surface area contributed by atoms with E-state index >= 15 is 0 Å². The molecule has 0 N–H and O–H groups in total. The van der Waals surface area contributed by atoms with Crippen molar-refractivity contribution < 1.29 is 4.74 Å². The lowest BCUT2D eigenvalue weighted by molar-refractivity contribution is 0.185. The van der Waals surface area contributed by atoms with Crippen LogP contribution in [0.2, 0.25) is 5.28 Å². The SMILES string of the molecule is COCCn1c(Cl)nnc1C1CCCCC1. The quantitative estimate of drug-likeness (QED) is 0.816. The summed E-state index contributed by atoms with van der Waals surface area (Å²) in [6.07, 6.45) is 6.35. The van der Waals surface area contributed by atoms with Crippen molar-refractivity contribution >= 4 is 11.6 Å². The summed E-state index contributed by atoms with van der Waals surface area (Å²) in [6, 6.07) is 0. The Morgan fingerprint density at radius 1 is 1.31 bits per heavy atom. The van der Waals surface area contributed by atoms with E-state index in [1.807, 2.05) is 4.57 Å². The molecule has 0 radical (unpaired) electrons. The van der Waals surface area contributed by atoms with E-state index in [2.05, 4.69) is 10.2 Å². The molecule has 0 amide bonds. The van der Waals surface area contributed by atoms with E-state index in [0.29, 0.717) is 17.8 Å². The molecule has 2 rings (SSSR count). The minimum Gasteiger partial charge on any atom is -0.383 e. The maximum Gasteiger partial charge on any atom is 0.225 e. The second-order valence-electron chi connectivity index (χ2n) is 4.31. The van der Waals surface area contributed by atoms with Crippen LogP contribution < -0.4 is 0 Å². The van der Waals surface area contributed by atoms with Crippen LogP contribution in [-0.2, 0) is 11.3 Å². The third-order valence-electron chi connectivity index (χ3n) is 3.22. The minimum absolute atomic E-state index is 0.484. The van der Waals surface area contributed by atoms with Crippen LogP contribution in [0, 0.1) is 0 Å². The molecule has 16 heavy (non-hydrogen) atoms. The van der Waals surface area contributed by atoms with Gasteiger partial charge in [-0.1, -0.05) is 19.3 Å². The van der Waals surface area contributed by atoms with Gasteiger partial charge in [-0.15, -0.1) is 10.2 Å². The summed E-state index contributed by atoms with van der Waals surface area (Å²) in [5.41, 5.74) is 0. The van der Waals surface area contributed by atoms with E-state index in [4.69, 9.17) is 16.3 Å². The van der Waals surface area contributed by atoms with Gasteiger partial charge in [0.05, 0.1) is 13.2 Å². The molecule has 1 aliphatic rings. The van der Waals surface area contributed by atoms with E-state index < -0.39 is 0 Å². The van der Waals surface area contributed by atoms with Crippen LogP contribution in [0.25, 0.3) is 0 Å². The molecular formula is C11H18ClN3O. The molecule has 0 saturated heterocycles. The van der Waals surface area contributed by atoms with Gasteiger partial charge in [-0.3, -0.25) is 4.57 Å². The Hall–Kier alpha value is -0.610. The molecule has 0 aliphatic heterocycles. The van der Waals surface area contributed by atoms with Crippen molar-refractivity contribution in [2.24, 2.45) is 0 Å². The van der Waals surface area contributed by atoms with Gasteiger partial charge < -0.3 is 4.74 Å². The van der Waals surface area contributed by atoms with Gasteiger partial charge in [-0.2, -0.15) is 0 Å². The molecule has 0 atom stereocenters. The molecule has 1 heterocycles. The fraction of sp³-hybridized carbons (Fsp3) is 0.818. The Kier molecular flexibility index (Phi) is 4.18. The van der Waals surface area contributed by atoms with Crippen LogP contribution in [0.5, 0.6) is 0 Å². The molecule has 1 fully saturated rings. The van der Waals surface area contributed by atoms with E-state index in [-0.39, 0.29) is 0 Å². The molecule has 0 spiro atoms. The number of rotatable bonds is 4. The highest BCUT2D eigenvalue weighted by molar-refractivity contribution is 6.28. The number of aromatic nitrogens is 3. The monoisotopic (exact) mass is 243 g/mol. The first-order valence-electron chi connectivity index (χ1n) is 5.90. The van der Waals surface area contributed by atoms with Crippen molar-refractivity contribution in [1.29, 1.82) is 0 Å². The molecule has 4 nitrogen and oxygen atoms in total. The highest BCUT2D eigenvalue weighted by Gasteiger charge is 2.22. The van der Waals surface area contributed by atoms with Gasteiger partial charge in [-0.05, 0) is 24.4 Å². The lowest BCUT2D eigenvalue weighted by atomic mass is 9.89. The van der Waals surface area contributed by atoms with Crippen molar-refractivity contribution in [2.75, 3.05) is 13.7 Å². The lowest BCUT2D eigenvalue weighted by Crippen LogP contribution is -2.14. The van der Waals surface area contributed by atoms with Crippen LogP contribution in [-0.4, -0.2) is 28.5 Å². The van der Waals surface area contributed by atoms with Crippen LogP contribution in [0.1, 0.15) is 43.8 Å². The van der Waals surface area contributed by atoms with Crippen molar-refractivity contribution in [3.63, 3.8) is 0 Å². The van der Waals surface area contributed by atoms with Crippen molar-refractivity contribution in [2.45, 2.75) is 44.6 Å². The van der Waals surface area contributed by atoms with Crippen molar-refractivity contribution in [3.05, 3.63) is 11.1 Å². The molecule has 0 bridgehead atoms. The fourth-order valence-corrected chi connectivity index (χ4v) is 2.56. The summed E-state index contributed by atoms with van der Waals surface area (Å²) in [5.74, 6) is 1.58. The molecule has 1 saturated carbocycles. The van der Waals surface area contributed by atoms with Crippen molar-refractivity contribution in [3.8, 4) is 0 Å². The molecule has 0 unspecified atom stereocenters. The zero-order valence-corrected chi connectivity index (χ0v) is 10.4. The van der Waals surface area contributed by atoms with E-state index in [1.54, 1.807) is 7.11 Å². The van der Waals surface area contributed by atoms with Crippen LogP contribution in [0.3, 0.4) is 0 Å². The van der Waals surface area contributed by atoms with Crippen LogP contribution in [0.15, 0.2) is 0 Å². The number of halogens is 1. The zero-order valence-electron chi connectivity index (χ0n) is 9.65. The predicted octanol–water partition coefficient (Wildman–Crippen LogP) is 2.63. The Morgan fingerprint density at radius 3 is 2.75 bits per heavy atom. The average Bonchev–Trinajstić information content (AvgIpc) is 2.69. The van der Waals surface area contributed by atoms with Gasteiger partial charge in [0.25, 0.3) is 0 Å². The molecule has 1 aromatic heterocycles. The maximum absolute atomic E-state index is 6.03. The zero-order chi connectivity index (χ0) is 11.4. The number of ether oxygens (including phenoxy) is 1. The molecule has 1 aromatic rings. The largest absolute Gasteiger partial charge is 0.383 e. The Morgan fingerprint density at radius 2 is 2.06 bits per heavy atom. The second-order valence-corrected chi connectivity index (χ2v) is 4.64. The summed E-state index contributed by atoms with van der Waals surface area (Å²) in [4.78, 5) is 0. The molecule has 5 heteroatoms. The highest BCUT2D eigenvalue weighted by Crippen LogP contribution is 2.32. The Bertz CT molecular complexity index is 334. The Labute approximate surface area is 101 Å². The van der Waals surface area contributed by atoms with Crippen LogP contribution in [0.4, 0.5) is 0 Å². The van der Waals surface area contributed by atoms with Gasteiger partial charge in [-0.25, -0.2) is 0 Å². The minimum atomic E-state index is 0.484. The normalized spacial score (nSPS) is 17.9. The fourth-order valence-electron chi connectivity index (χ4n) is 2.35. The van der Waals surface area contributed by atoms with E-state index in [0.717, 1.165) is 12.4 Å². The predicted molar refractivity (Wildman–Crippen MR) is 62.7 cm³/mol. The summed E-state index contributed by atoms with van der Waals surface area (Å²) < 4.78 is 7.06. The highest BCUT2D eigenvalue weighted by atomic mass is 35.5. The smallest absolute Gasteiger partial charge is 0.225 e. The van der Waals surface area contributed by atoms with Gasteiger partial charge in [0.1, 0.15) is 5.82 Å². The lowest BCUT2D eigenvalue weighted by Gasteiger charge is -2.21. The summed E-state index contributed by atoms with van der Waals surface area (Å²) in [5, 5.41) is 8.67. The van der Waals surface area contributed by atoms with Gasteiger partial charge >= 0.3 is 0 Å².